The van der Waals surface area contributed by atoms with Crippen LogP contribution < -0.4 is 5.73 Å². The van der Waals surface area contributed by atoms with Crippen molar-refractivity contribution in [3.05, 3.63) is 35.1 Å². The molecule has 0 saturated carbocycles. The number of nitrogens with two attached hydrogens (primary N) is 1. The van der Waals surface area contributed by atoms with Gasteiger partial charge in [0.2, 0.25) is 0 Å². The highest BCUT2D eigenvalue weighted by atomic mass is 19.2. The monoisotopic (exact) mass is 219 g/mol. The van der Waals surface area contributed by atoms with Crippen molar-refractivity contribution in [1.29, 1.82) is 0 Å². The van der Waals surface area contributed by atoms with Crippen molar-refractivity contribution >= 4 is 0 Å². The molecule has 84 valence electrons. The van der Waals surface area contributed by atoms with Gasteiger partial charge in [-0.15, -0.1) is 0 Å². The lowest BCUT2D eigenvalue weighted by Gasteiger charge is -2.13. The van der Waals surface area contributed by atoms with Gasteiger partial charge in [-0.05, 0) is 13.0 Å². The van der Waals surface area contributed by atoms with Gasteiger partial charge in [0.05, 0.1) is 12.6 Å². The minimum atomic E-state index is -1.50. The van der Waals surface area contributed by atoms with E-state index in [-0.39, 0.29) is 12.2 Å². The van der Waals surface area contributed by atoms with Crippen molar-refractivity contribution in [1.82, 2.24) is 0 Å². The highest BCUT2D eigenvalue weighted by Crippen LogP contribution is 2.20. The van der Waals surface area contributed by atoms with E-state index in [1.807, 2.05) is 0 Å². The molecule has 0 aliphatic rings. The minimum Gasteiger partial charge on any atom is -0.380 e. The van der Waals surface area contributed by atoms with Crippen LogP contribution in [-0.4, -0.2) is 13.2 Å². The van der Waals surface area contributed by atoms with E-state index in [1.54, 1.807) is 6.92 Å². The SMILES string of the molecule is CCOCC(N)c1ccc(F)c(F)c1F. The van der Waals surface area contributed by atoms with Crippen molar-refractivity contribution < 1.29 is 17.9 Å². The summed E-state index contributed by atoms with van der Waals surface area (Å²) < 4.78 is 43.6. The summed E-state index contributed by atoms with van der Waals surface area (Å²) in [6.07, 6.45) is 0. The van der Waals surface area contributed by atoms with Crippen LogP contribution in [0.4, 0.5) is 13.2 Å². The number of hydrogen-bond acceptors (Lipinski definition) is 2. The van der Waals surface area contributed by atoms with Crippen molar-refractivity contribution in [2.75, 3.05) is 13.2 Å². The molecule has 5 heteroatoms. The van der Waals surface area contributed by atoms with Gasteiger partial charge in [-0.25, -0.2) is 13.2 Å². The van der Waals surface area contributed by atoms with E-state index >= 15 is 0 Å². The van der Waals surface area contributed by atoms with Crippen LogP contribution in [0, 0.1) is 17.5 Å². The molecule has 0 amide bonds. The van der Waals surface area contributed by atoms with Crippen molar-refractivity contribution in [3.8, 4) is 0 Å². The Labute approximate surface area is 85.8 Å². The van der Waals surface area contributed by atoms with Crippen LogP contribution in [0.25, 0.3) is 0 Å². The van der Waals surface area contributed by atoms with Crippen molar-refractivity contribution in [2.45, 2.75) is 13.0 Å². The lowest BCUT2D eigenvalue weighted by atomic mass is 10.1. The predicted molar refractivity (Wildman–Crippen MR) is 49.7 cm³/mol. The summed E-state index contributed by atoms with van der Waals surface area (Å²) in [5.74, 6) is -3.97. The van der Waals surface area contributed by atoms with E-state index in [4.69, 9.17) is 10.5 Å². The second-order valence-electron chi connectivity index (χ2n) is 3.03. The average molecular weight is 219 g/mol. The highest BCUT2D eigenvalue weighted by molar-refractivity contribution is 5.23. The quantitative estimate of drug-likeness (QED) is 0.787. The van der Waals surface area contributed by atoms with Gasteiger partial charge in [0.15, 0.2) is 17.5 Å². The molecular weight excluding hydrogens is 207 g/mol. The van der Waals surface area contributed by atoms with E-state index in [9.17, 15) is 13.2 Å². The normalized spacial score (nSPS) is 12.9. The first-order valence-corrected chi connectivity index (χ1v) is 4.54. The number of hydrogen-bond donors (Lipinski definition) is 1. The summed E-state index contributed by atoms with van der Waals surface area (Å²) in [5, 5.41) is 0. The predicted octanol–water partition coefficient (Wildman–Crippen LogP) is 2.14. The fraction of sp³-hybridized carbons (Fsp3) is 0.400. The lowest BCUT2D eigenvalue weighted by molar-refractivity contribution is 0.132. The fourth-order valence-electron chi connectivity index (χ4n) is 1.16. The van der Waals surface area contributed by atoms with Crippen LogP contribution >= 0.6 is 0 Å². The second-order valence-corrected chi connectivity index (χ2v) is 3.03. The van der Waals surface area contributed by atoms with Gasteiger partial charge < -0.3 is 10.5 Å². The van der Waals surface area contributed by atoms with Crippen molar-refractivity contribution in [2.24, 2.45) is 5.73 Å². The molecule has 0 aliphatic heterocycles. The molecule has 0 aromatic heterocycles. The van der Waals surface area contributed by atoms with Crippen LogP contribution in [-0.2, 0) is 4.74 Å². The first-order chi connectivity index (χ1) is 7.07. The number of benzene rings is 1. The second kappa shape index (κ2) is 5.14. The zero-order valence-corrected chi connectivity index (χ0v) is 8.27. The first-order valence-electron chi connectivity index (χ1n) is 4.54. The van der Waals surface area contributed by atoms with Gasteiger partial charge >= 0.3 is 0 Å². The van der Waals surface area contributed by atoms with Gasteiger partial charge in [0.25, 0.3) is 0 Å². The van der Waals surface area contributed by atoms with Crippen LogP contribution in [0.3, 0.4) is 0 Å². The summed E-state index contributed by atoms with van der Waals surface area (Å²) in [4.78, 5) is 0. The zero-order valence-electron chi connectivity index (χ0n) is 8.27. The van der Waals surface area contributed by atoms with Gasteiger partial charge in [-0.3, -0.25) is 0 Å². The van der Waals surface area contributed by atoms with Gasteiger partial charge in [-0.1, -0.05) is 6.07 Å². The van der Waals surface area contributed by atoms with E-state index in [2.05, 4.69) is 0 Å². The Bertz CT molecular complexity index is 344. The molecule has 2 N–H and O–H groups in total. The summed E-state index contributed by atoms with van der Waals surface area (Å²) in [7, 11) is 0. The van der Waals surface area contributed by atoms with E-state index in [1.165, 1.54) is 0 Å². The molecule has 1 aromatic carbocycles. The standard InChI is InChI=1S/C10H12F3NO/c1-2-15-5-8(14)6-3-4-7(11)10(13)9(6)12/h3-4,8H,2,5,14H2,1H3. The number of rotatable bonds is 4. The minimum absolute atomic E-state index is 0.0679. The third-order valence-electron chi connectivity index (χ3n) is 1.97. The molecular formula is C10H12F3NO. The topological polar surface area (TPSA) is 35.2 Å². The Morgan fingerprint density at radius 1 is 1.27 bits per heavy atom. The molecule has 0 bridgehead atoms. The van der Waals surface area contributed by atoms with E-state index < -0.39 is 23.5 Å². The molecule has 1 rings (SSSR count). The summed E-state index contributed by atoms with van der Waals surface area (Å²) in [6.45, 7) is 2.26. The summed E-state index contributed by atoms with van der Waals surface area (Å²) in [5.41, 5.74) is 5.47. The molecule has 0 radical (unpaired) electrons. The smallest absolute Gasteiger partial charge is 0.194 e. The molecule has 1 unspecified atom stereocenters. The third kappa shape index (κ3) is 2.70. The van der Waals surface area contributed by atoms with Crippen LogP contribution in [0.2, 0.25) is 0 Å². The Morgan fingerprint density at radius 3 is 2.53 bits per heavy atom. The Morgan fingerprint density at radius 2 is 1.93 bits per heavy atom. The largest absolute Gasteiger partial charge is 0.380 e. The molecule has 1 aromatic rings. The Balaban J connectivity index is 2.90. The molecule has 0 heterocycles. The van der Waals surface area contributed by atoms with E-state index in [0.717, 1.165) is 12.1 Å². The first kappa shape index (κ1) is 12.0. The maximum atomic E-state index is 13.2. The lowest BCUT2D eigenvalue weighted by Crippen LogP contribution is -2.19. The molecule has 0 fully saturated rings. The van der Waals surface area contributed by atoms with Crippen LogP contribution in [0.5, 0.6) is 0 Å². The maximum absolute atomic E-state index is 13.2. The highest BCUT2D eigenvalue weighted by Gasteiger charge is 2.17. The zero-order chi connectivity index (χ0) is 11.4. The van der Waals surface area contributed by atoms with Crippen LogP contribution in [0.15, 0.2) is 12.1 Å². The van der Waals surface area contributed by atoms with Gasteiger partial charge in [0.1, 0.15) is 0 Å². The third-order valence-corrected chi connectivity index (χ3v) is 1.97. The maximum Gasteiger partial charge on any atom is 0.194 e. The molecule has 2 nitrogen and oxygen atoms in total. The summed E-state index contributed by atoms with van der Waals surface area (Å²) >= 11 is 0. The molecule has 0 spiro atoms. The number of ether oxygens (including phenoxy) is 1. The van der Waals surface area contributed by atoms with Gasteiger partial charge in [-0.2, -0.15) is 0 Å². The van der Waals surface area contributed by atoms with Crippen LogP contribution in [0.1, 0.15) is 18.5 Å². The average Bonchev–Trinajstić information content (AvgIpc) is 2.23. The van der Waals surface area contributed by atoms with Gasteiger partial charge in [0, 0.05) is 12.2 Å². The fourth-order valence-corrected chi connectivity index (χ4v) is 1.16. The number of halogens is 3. The summed E-state index contributed by atoms with van der Waals surface area (Å²) in [6, 6.07) is 1.18. The molecule has 1 atom stereocenters. The van der Waals surface area contributed by atoms with E-state index in [0.29, 0.717) is 6.61 Å². The van der Waals surface area contributed by atoms with Crippen molar-refractivity contribution in [3.63, 3.8) is 0 Å². The Kier molecular flexibility index (Phi) is 4.11. The Hall–Kier alpha value is -1.07. The molecule has 15 heavy (non-hydrogen) atoms. The molecule has 0 aliphatic carbocycles. The molecule has 0 saturated heterocycles.